The topological polar surface area (TPSA) is 137 Å². The molecule has 0 spiro atoms. The smallest absolute Gasteiger partial charge is 0.351 e. The molecule has 5 rings (SSSR count). The number of benzene rings is 3. The van der Waals surface area contributed by atoms with Crippen molar-refractivity contribution < 1.29 is 33.5 Å². The Labute approximate surface area is 262 Å². The molecule has 45 heavy (non-hydrogen) atoms. The van der Waals surface area contributed by atoms with Crippen molar-refractivity contribution in [2.75, 3.05) is 46.9 Å². The monoisotopic (exact) mass is 617 g/mol. The molecule has 11 nitrogen and oxygen atoms in total. The molecule has 4 atom stereocenters. The Morgan fingerprint density at radius 1 is 0.889 bits per heavy atom. The zero-order valence-electron chi connectivity index (χ0n) is 25.8. The van der Waals surface area contributed by atoms with Crippen LogP contribution in [0.4, 0.5) is 5.82 Å². The Morgan fingerprint density at radius 2 is 1.47 bits per heavy atom. The fourth-order valence-corrected chi connectivity index (χ4v) is 5.57. The first-order valence-electron chi connectivity index (χ1n) is 14.6. The van der Waals surface area contributed by atoms with Crippen molar-refractivity contribution in [3.8, 4) is 11.5 Å². The lowest BCUT2D eigenvalue weighted by Gasteiger charge is -2.37. The maximum absolute atomic E-state index is 12.9. The highest BCUT2D eigenvalue weighted by molar-refractivity contribution is 5.49. The number of nitrogens with two attached hydrogens (primary N) is 1. The van der Waals surface area contributed by atoms with Crippen molar-refractivity contribution in [1.82, 2.24) is 9.55 Å². The number of aliphatic hydroxyl groups excluding tert-OH is 1. The molecule has 3 N–H and O–H groups in total. The van der Waals surface area contributed by atoms with E-state index in [0.29, 0.717) is 17.1 Å². The summed E-state index contributed by atoms with van der Waals surface area (Å²) in [6.07, 6.45) is -2.38. The second-order valence-electron chi connectivity index (χ2n) is 10.7. The van der Waals surface area contributed by atoms with Gasteiger partial charge in [-0.3, -0.25) is 4.57 Å². The summed E-state index contributed by atoms with van der Waals surface area (Å²) in [7, 11) is 4.78. The van der Waals surface area contributed by atoms with Gasteiger partial charge in [-0.2, -0.15) is 4.98 Å². The number of nitrogen functional groups attached to an aromatic ring is 1. The molecule has 1 fully saturated rings. The summed E-state index contributed by atoms with van der Waals surface area (Å²) in [5.74, 6) is 1.52. The van der Waals surface area contributed by atoms with Gasteiger partial charge in [0.25, 0.3) is 0 Å². The minimum Gasteiger partial charge on any atom is -0.497 e. The van der Waals surface area contributed by atoms with Crippen molar-refractivity contribution >= 4 is 5.82 Å². The first kappa shape index (κ1) is 32.1. The molecule has 11 heteroatoms. The van der Waals surface area contributed by atoms with Crippen LogP contribution in [0.5, 0.6) is 11.5 Å². The molecule has 1 aromatic heterocycles. The fourth-order valence-electron chi connectivity index (χ4n) is 5.57. The minimum atomic E-state index is -1.16. The number of methoxy groups -OCH3 is 3. The van der Waals surface area contributed by atoms with Crippen LogP contribution in [0, 0.1) is 6.92 Å². The quantitative estimate of drug-likeness (QED) is 0.170. The van der Waals surface area contributed by atoms with Gasteiger partial charge < -0.3 is 39.3 Å². The summed E-state index contributed by atoms with van der Waals surface area (Å²) in [6.45, 7) is 2.14. The van der Waals surface area contributed by atoms with Gasteiger partial charge >= 0.3 is 5.69 Å². The highest BCUT2D eigenvalue weighted by Gasteiger charge is 2.48. The molecule has 0 radical (unpaired) electrons. The van der Waals surface area contributed by atoms with Crippen molar-refractivity contribution in [3.63, 3.8) is 0 Å². The molecule has 0 saturated carbocycles. The molecule has 1 aliphatic heterocycles. The Bertz CT molecular complexity index is 1550. The van der Waals surface area contributed by atoms with Gasteiger partial charge in [-0.05, 0) is 47.9 Å². The summed E-state index contributed by atoms with van der Waals surface area (Å²) in [6, 6.07) is 25.1. The van der Waals surface area contributed by atoms with Crippen molar-refractivity contribution in [2.45, 2.75) is 37.1 Å². The number of hydrogen-bond donors (Lipinski definition) is 2. The maximum Gasteiger partial charge on any atom is 0.351 e. The van der Waals surface area contributed by atoms with Crippen molar-refractivity contribution in [1.29, 1.82) is 0 Å². The second kappa shape index (κ2) is 14.2. The molecule has 238 valence electrons. The average Bonchev–Trinajstić information content (AvgIpc) is 3.38. The van der Waals surface area contributed by atoms with E-state index in [0.717, 1.165) is 16.7 Å². The molecule has 4 aromatic rings. The van der Waals surface area contributed by atoms with E-state index in [4.69, 9.17) is 34.2 Å². The van der Waals surface area contributed by atoms with Crippen molar-refractivity contribution in [2.24, 2.45) is 0 Å². The Kier molecular flexibility index (Phi) is 10.2. The molecule has 1 saturated heterocycles. The van der Waals surface area contributed by atoms with Crippen LogP contribution < -0.4 is 20.9 Å². The van der Waals surface area contributed by atoms with E-state index in [2.05, 4.69) is 4.98 Å². The summed E-state index contributed by atoms with van der Waals surface area (Å²) in [5, 5.41) is 11.6. The molecule has 3 aromatic carbocycles. The third-order valence-electron chi connectivity index (χ3n) is 8.00. The number of anilines is 1. The molecule has 0 bridgehead atoms. The highest BCUT2D eigenvalue weighted by atomic mass is 16.6. The van der Waals surface area contributed by atoms with Crippen LogP contribution >= 0.6 is 0 Å². The molecular formula is C34H39N3O8. The van der Waals surface area contributed by atoms with Crippen LogP contribution in [0.25, 0.3) is 0 Å². The predicted octanol–water partition coefficient (Wildman–Crippen LogP) is 3.45. The van der Waals surface area contributed by atoms with Crippen LogP contribution in [0.3, 0.4) is 0 Å². The number of nitrogens with zero attached hydrogens (tertiary/aromatic N) is 2. The van der Waals surface area contributed by atoms with Crippen LogP contribution in [0.15, 0.2) is 89.9 Å². The molecular weight excluding hydrogens is 578 g/mol. The van der Waals surface area contributed by atoms with Crippen molar-refractivity contribution in [3.05, 3.63) is 118 Å². The molecule has 1 aliphatic rings. The summed E-state index contributed by atoms with van der Waals surface area (Å²) in [5.41, 5.74) is 7.21. The summed E-state index contributed by atoms with van der Waals surface area (Å²) >= 11 is 0. The summed E-state index contributed by atoms with van der Waals surface area (Å²) < 4.78 is 36.6. The number of hydrogen-bond acceptors (Lipinski definition) is 10. The van der Waals surface area contributed by atoms with Gasteiger partial charge in [-0.25, -0.2) is 4.79 Å². The number of rotatable bonds is 13. The lowest BCUT2D eigenvalue weighted by atomic mass is 9.80. The highest BCUT2D eigenvalue weighted by Crippen LogP contribution is 2.43. The van der Waals surface area contributed by atoms with Crippen LogP contribution in [0.2, 0.25) is 0 Å². The van der Waals surface area contributed by atoms with Gasteiger partial charge in [0.1, 0.15) is 41.2 Å². The zero-order chi connectivity index (χ0) is 32.0. The second-order valence-corrected chi connectivity index (χ2v) is 10.7. The average molecular weight is 618 g/mol. The van der Waals surface area contributed by atoms with E-state index in [-0.39, 0.29) is 25.6 Å². The van der Waals surface area contributed by atoms with Gasteiger partial charge in [0.2, 0.25) is 0 Å². The van der Waals surface area contributed by atoms with E-state index < -0.39 is 35.8 Å². The van der Waals surface area contributed by atoms with E-state index >= 15 is 0 Å². The van der Waals surface area contributed by atoms with Gasteiger partial charge in [0.05, 0.1) is 34.0 Å². The maximum atomic E-state index is 12.9. The SMILES string of the molecule is COCCO[C@@H]1[C@H](O)[C@@H](COC(c2ccccc2)(c2ccc(OC)cc2)c2ccc(OC)cc2)O[C@H]1n1cc(C)c(N)nc1=O. The first-order chi connectivity index (χ1) is 21.8. The van der Waals surface area contributed by atoms with Crippen LogP contribution in [-0.2, 0) is 24.5 Å². The largest absolute Gasteiger partial charge is 0.497 e. The number of ether oxygens (including phenoxy) is 6. The predicted molar refractivity (Wildman–Crippen MR) is 167 cm³/mol. The first-order valence-corrected chi connectivity index (χ1v) is 14.6. The van der Waals surface area contributed by atoms with Crippen LogP contribution in [-0.4, -0.2) is 74.1 Å². The van der Waals surface area contributed by atoms with Gasteiger partial charge in [-0.15, -0.1) is 0 Å². The number of aromatic nitrogens is 2. The Hall–Kier alpha value is -4.26. The molecule has 0 unspecified atom stereocenters. The molecule has 0 aliphatic carbocycles. The van der Waals surface area contributed by atoms with Gasteiger partial charge in [0.15, 0.2) is 6.23 Å². The van der Waals surface area contributed by atoms with Crippen LogP contribution in [0.1, 0.15) is 28.5 Å². The van der Waals surface area contributed by atoms with Gasteiger partial charge in [-0.1, -0.05) is 54.6 Å². The van der Waals surface area contributed by atoms with E-state index in [1.807, 2.05) is 78.9 Å². The Morgan fingerprint density at radius 3 is 2.02 bits per heavy atom. The van der Waals surface area contributed by atoms with E-state index in [9.17, 15) is 9.90 Å². The van der Waals surface area contributed by atoms with E-state index in [1.165, 1.54) is 4.57 Å². The third kappa shape index (κ3) is 6.58. The summed E-state index contributed by atoms with van der Waals surface area (Å²) in [4.78, 5) is 16.8. The standard InChI is InChI=1S/C34H39N3O8/c1-22-20-37(33(39)36-31(22)35)32-30(43-19-18-40-2)29(38)28(45-32)21-44-34(23-8-6-5-7-9-23,24-10-14-26(41-3)15-11-24)25-12-16-27(42-4)17-13-25/h5-17,20,28-30,32,38H,18-19,21H2,1-4H3,(H2,35,36,39)/t28-,29-,30-,32-/m1/s1. The normalized spacial score (nSPS) is 19.8. The zero-order valence-corrected chi connectivity index (χ0v) is 25.8. The number of aliphatic hydroxyl groups is 1. The fraction of sp³-hybridized carbons (Fsp3) is 0.353. The third-order valence-corrected chi connectivity index (χ3v) is 8.00. The lowest BCUT2D eigenvalue weighted by molar-refractivity contribution is -0.0994. The molecule has 2 heterocycles. The number of aryl methyl sites for hydroxylation is 1. The van der Waals surface area contributed by atoms with E-state index in [1.54, 1.807) is 34.4 Å². The lowest BCUT2D eigenvalue weighted by Crippen LogP contribution is -2.41. The van der Waals surface area contributed by atoms with Gasteiger partial charge in [0, 0.05) is 18.9 Å². The minimum absolute atomic E-state index is 0.0646. The molecule has 0 amide bonds. The Balaban J connectivity index is 1.56.